The van der Waals surface area contributed by atoms with Gasteiger partial charge in [0.15, 0.2) is 0 Å². The number of likely N-dealkylation sites (tertiary alicyclic amines) is 1. The molecular weight excluding hydrogens is 260 g/mol. The van der Waals surface area contributed by atoms with Crippen molar-refractivity contribution in [3.8, 4) is 5.75 Å². The first-order chi connectivity index (χ1) is 9.69. The van der Waals surface area contributed by atoms with Gasteiger partial charge in [0.25, 0.3) is 5.91 Å². The van der Waals surface area contributed by atoms with E-state index in [0.29, 0.717) is 24.3 Å². The number of pyridine rings is 1. The summed E-state index contributed by atoms with van der Waals surface area (Å²) in [5.41, 5.74) is 0.415. The molecule has 0 bridgehead atoms. The largest absolute Gasteiger partial charge is 0.494 e. The summed E-state index contributed by atoms with van der Waals surface area (Å²) in [5, 5.41) is 0. The Labute approximate surface area is 117 Å². The molecule has 2 heterocycles. The molecule has 0 N–H and O–H groups in total. The summed E-state index contributed by atoms with van der Waals surface area (Å²) in [6.45, 7) is 0.546. The van der Waals surface area contributed by atoms with Gasteiger partial charge in [0.05, 0.1) is 26.0 Å². The summed E-state index contributed by atoms with van der Waals surface area (Å²) >= 11 is 0. The molecule has 1 aromatic heterocycles. The Kier molecular flexibility index (Phi) is 4.55. The van der Waals surface area contributed by atoms with Crippen molar-refractivity contribution < 1.29 is 19.1 Å². The van der Waals surface area contributed by atoms with Crippen molar-refractivity contribution in [1.82, 2.24) is 9.88 Å². The van der Waals surface area contributed by atoms with E-state index in [1.54, 1.807) is 11.0 Å². The van der Waals surface area contributed by atoms with Gasteiger partial charge in [-0.1, -0.05) is 0 Å². The van der Waals surface area contributed by atoms with Crippen LogP contribution in [0, 0.1) is 0 Å². The monoisotopic (exact) mass is 278 g/mol. The van der Waals surface area contributed by atoms with Crippen LogP contribution in [0.5, 0.6) is 5.75 Å². The number of amides is 1. The molecule has 0 radical (unpaired) electrons. The molecule has 0 spiro atoms. The third kappa shape index (κ3) is 2.74. The molecule has 6 nitrogen and oxygen atoms in total. The van der Waals surface area contributed by atoms with Crippen LogP contribution in [-0.2, 0) is 9.53 Å². The number of piperidine rings is 1. The third-order valence-corrected chi connectivity index (χ3v) is 3.47. The predicted octanol–water partition coefficient (Wildman–Crippen LogP) is 1.26. The van der Waals surface area contributed by atoms with Crippen LogP contribution in [-0.4, -0.2) is 48.6 Å². The lowest BCUT2D eigenvalue weighted by Gasteiger charge is -2.34. The SMILES string of the molecule is COC(=O)C1CCCCN1C(=O)c1ccncc1OC. The van der Waals surface area contributed by atoms with Crippen LogP contribution in [0.4, 0.5) is 0 Å². The summed E-state index contributed by atoms with van der Waals surface area (Å²) < 4.78 is 9.94. The Bertz CT molecular complexity index is 504. The van der Waals surface area contributed by atoms with E-state index in [2.05, 4.69) is 4.98 Å². The van der Waals surface area contributed by atoms with Crippen LogP contribution in [0.25, 0.3) is 0 Å². The Morgan fingerprint density at radius 3 is 2.85 bits per heavy atom. The van der Waals surface area contributed by atoms with E-state index >= 15 is 0 Å². The van der Waals surface area contributed by atoms with Gasteiger partial charge in [-0.3, -0.25) is 9.78 Å². The van der Waals surface area contributed by atoms with Crippen molar-refractivity contribution >= 4 is 11.9 Å². The second-order valence-corrected chi connectivity index (χ2v) is 4.61. The molecule has 1 atom stereocenters. The maximum Gasteiger partial charge on any atom is 0.328 e. The highest BCUT2D eigenvalue weighted by molar-refractivity contribution is 5.99. The van der Waals surface area contributed by atoms with E-state index in [4.69, 9.17) is 9.47 Å². The molecule has 2 rings (SSSR count). The van der Waals surface area contributed by atoms with Gasteiger partial charge in [-0.15, -0.1) is 0 Å². The molecule has 1 aliphatic heterocycles. The van der Waals surface area contributed by atoms with Gasteiger partial charge in [-0.25, -0.2) is 4.79 Å². The normalized spacial score (nSPS) is 18.5. The maximum absolute atomic E-state index is 12.6. The zero-order valence-electron chi connectivity index (χ0n) is 11.7. The van der Waals surface area contributed by atoms with Gasteiger partial charge in [-0.2, -0.15) is 0 Å². The zero-order chi connectivity index (χ0) is 14.5. The van der Waals surface area contributed by atoms with Crippen molar-refractivity contribution in [3.05, 3.63) is 24.0 Å². The average molecular weight is 278 g/mol. The van der Waals surface area contributed by atoms with Crippen molar-refractivity contribution in [2.75, 3.05) is 20.8 Å². The Balaban J connectivity index is 2.27. The molecule has 1 saturated heterocycles. The van der Waals surface area contributed by atoms with Gasteiger partial charge in [0.2, 0.25) is 0 Å². The topological polar surface area (TPSA) is 68.7 Å². The van der Waals surface area contributed by atoms with Crippen molar-refractivity contribution in [1.29, 1.82) is 0 Å². The number of aromatic nitrogens is 1. The molecule has 1 aromatic rings. The molecule has 108 valence electrons. The van der Waals surface area contributed by atoms with Gasteiger partial charge >= 0.3 is 5.97 Å². The Morgan fingerprint density at radius 1 is 1.35 bits per heavy atom. The van der Waals surface area contributed by atoms with Crippen LogP contribution >= 0.6 is 0 Å². The van der Waals surface area contributed by atoms with E-state index in [1.807, 2.05) is 0 Å². The van der Waals surface area contributed by atoms with Crippen LogP contribution in [0.1, 0.15) is 29.6 Å². The first-order valence-electron chi connectivity index (χ1n) is 6.56. The lowest BCUT2D eigenvalue weighted by Crippen LogP contribution is -2.48. The minimum Gasteiger partial charge on any atom is -0.494 e. The minimum absolute atomic E-state index is 0.223. The van der Waals surface area contributed by atoms with E-state index in [1.165, 1.54) is 26.6 Å². The number of nitrogens with zero attached hydrogens (tertiary/aromatic N) is 2. The van der Waals surface area contributed by atoms with Crippen molar-refractivity contribution in [2.45, 2.75) is 25.3 Å². The molecule has 0 aromatic carbocycles. The van der Waals surface area contributed by atoms with E-state index in [0.717, 1.165) is 12.8 Å². The first kappa shape index (κ1) is 14.3. The second kappa shape index (κ2) is 6.36. The number of hydrogen-bond acceptors (Lipinski definition) is 5. The van der Waals surface area contributed by atoms with E-state index < -0.39 is 6.04 Å². The highest BCUT2D eigenvalue weighted by atomic mass is 16.5. The number of carbonyl (C=O) groups is 2. The fourth-order valence-corrected chi connectivity index (χ4v) is 2.43. The highest BCUT2D eigenvalue weighted by Gasteiger charge is 2.34. The molecule has 1 aliphatic rings. The van der Waals surface area contributed by atoms with E-state index in [9.17, 15) is 9.59 Å². The fraction of sp³-hybridized carbons (Fsp3) is 0.500. The standard InChI is InChI=1S/C14H18N2O4/c1-19-12-9-15-7-6-10(12)13(17)16-8-4-3-5-11(16)14(18)20-2/h6-7,9,11H,3-5,8H2,1-2H3. The molecule has 0 saturated carbocycles. The van der Waals surface area contributed by atoms with Crippen LogP contribution in [0.2, 0.25) is 0 Å². The van der Waals surface area contributed by atoms with Gasteiger partial charge in [0, 0.05) is 12.7 Å². The summed E-state index contributed by atoms with van der Waals surface area (Å²) in [6, 6.07) is 1.09. The third-order valence-electron chi connectivity index (χ3n) is 3.47. The summed E-state index contributed by atoms with van der Waals surface area (Å²) in [5.74, 6) is -0.183. The molecule has 1 amide bonds. The predicted molar refractivity (Wildman–Crippen MR) is 71.5 cm³/mol. The van der Waals surface area contributed by atoms with Gasteiger partial charge in [-0.05, 0) is 25.3 Å². The Hall–Kier alpha value is -2.11. The van der Waals surface area contributed by atoms with Gasteiger partial charge < -0.3 is 14.4 Å². The van der Waals surface area contributed by atoms with Crippen molar-refractivity contribution in [3.63, 3.8) is 0 Å². The molecule has 0 aliphatic carbocycles. The molecular formula is C14H18N2O4. The number of methoxy groups -OCH3 is 2. The zero-order valence-corrected chi connectivity index (χ0v) is 11.7. The summed E-state index contributed by atoms with van der Waals surface area (Å²) in [7, 11) is 2.83. The lowest BCUT2D eigenvalue weighted by molar-refractivity contribution is -0.147. The number of ether oxygens (including phenoxy) is 2. The highest BCUT2D eigenvalue weighted by Crippen LogP contribution is 2.24. The lowest BCUT2D eigenvalue weighted by atomic mass is 10.0. The number of esters is 1. The number of rotatable bonds is 3. The number of hydrogen-bond donors (Lipinski definition) is 0. The maximum atomic E-state index is 12.6. The van der Waals surface area contributed by atoms with Crippen LogP contribution in [0.3, 0.4) is 0 Å². The molecule has 6 heteroatoms. The van der Waals surface area contributed by atoms with Crippen LogP contribution < -0.4 is 4.74 Å². The van der Waals surface area contributed by atoms with Crippen LogP contribution in [0.15, 0.2) is 18.5 Å². The Morgan fingerprint density at radius 2 is 2.15 bits per heavy atom. The van der Waals surface area contributed by atoms with Gasteiger partial charge in [0.1, 0.15) is 11.8 Å². The molecule has 1 unspecified atom stereocenters. The fourth-order valence-electron chi connectivity index (χ4n) is 2.43. The molecule has 1 fully saturated rings. The summed E-state index contributed by atoms with van der Waals surface area (Å²) in [4.78, 5) is 29.9. The minimum atomic E-state index is -0.515. The number of carbonyl (C=O) groups excluding carboxylic acids is 2. The second-order valence-electron chi connectivity index (χ2n) is 4.61. The smallest absolute Gasteiger partial charge is 0.328 e. The van der Waals surface area contributed by atoms with E-state index in [-0.39, 0.29) is 11.9 Å². The average Bonchev–Trinajstić information content (AvgIpc) is 2.53. The van der Waals surface area contributed by atoms with Crippen molar-refractivity contribution in [2.24, 2.45) is 0 Å². The summed E-state index contributed by atoms with van der Waals surface area (Å²) in [6.07, 6.45) is 5.45. The quantitative estimate of drug-likeness (QED) is 0.778. The first-order valence-corrected chi connectivity index (χ1v) is 6.56. The molecule has 20 heavy (non-hydrogen) atoms.